The molecular weight excluding hydrogens is 272 g/mol. The number of aromatic hydroxyl groups is 1. The smallest absolute Gasteiger partial charge is 0.179 e. The molecule has 0 amide bonds. The molecule has 0 unspecified atom stereocenters. The van der Waals surface area contributed by atoms with Gasteiger partial charge in [0, 0.05) is 6.26 Å². The lowest BCUT2D eigenvalue weighted by atomic mass is 9.78. The van der Waals surface area contributed by atoms with E-state index in [4.69, 9.17) is 0 Å². The Kier molecular flexibility index (Phi) is 5.69. The van der Waals surface area contributed by atoms with Gasteiger partial charge in [-0.05, 0) is 36.0 Å². The van der Waals surface area contributed by atoms with E-state index in [-0.39, 0.29) is 28.5 Å². The van der Waals surface area contributed by atoms with Crippen molar-refractivity contribution in [1.82, 2.24) is 0 Å². The molecule has 0 aliphatic rings. The number of hydrogen-bond donors (Lipinski definition) is 1. The summed E-state index contributed by atoms with van der Waals surface area (Å²) in [7, 11) is -3.38. The molecule has 0 aromatic heterocycles. The minimum Gasteiger partial charge on any atom is -0.507 e. The van der Waals surface area contributed by atoms with Gasteiger partial charge in [-0.1, -0.05) is 26.8 Å². The maximum absolute atomic E-state index is 11.5. The Morgan fingerprint density at radius 1 is 1.22 bits per heavy atom. The third-order valence-corrected chi connectivity index (χ3v) is 4.74. The van der Waals surface area contributed by atoms with Gasteiger partial charge in [0.25, 0.3) is 0 Å². The van der Waals surface area contributed by atoms with Crippen LogP contribution in [0, 0.1) is 0 Å². The average molecular weight is 293 g/mol. The normalized spacial score (nSPS) is 12.0. The van der Waals surface area contributed by atoms with Crippen LogP contribution in [0.25, 0.3) is 0 Å². The molecule has 5 heteroatoms. The van der Waals surface area contributed by atoms with Crippen molar-refractivity contribution < 1.29 is 13.5 Å². The van der Waals surface area contributed by atoms with Crippen LogP contribution in [0.3, 0.4) is 0 Å². The van der Waals surface area contributed by atoms with Gasteiger partial charge in [-0.15, -0.1) is 12.4 Å². The van der Waals surface area contributed by atoms with E-state index in [1.165, 1.54) is 6.07 Å². The first-order valence-corrected chi connectivity index (χ1v) is 7.67. The summed E-state index contributed by atoms with van der Waals surface area (Å²) in [6.45, 7) is 6.26. The first-order valence-electron chi connectivity index (χ1n) is 5.78. The highest BCUT2D eigenvalue weighted by atomic mass is 35.5. The van der Waals surface area contributed by atoms with Crippen LogP contribution in [0.15, 0.2) is 23.1 Å². The van der Waals surface area contributed by atoms with Crippen molar-refractivity contribution in [3.63, 3.8) is 0 Å². The number of benzene rings is 1. The molecule has 3 nitrogen and oxygen atoms in total. The summed E-state index contributed by atoms with van der Waals surface area (Å²) in [5, 5.41) is 9.60. The second-order valence-corrected chi connectivity index (χ2v) is 6.71. The van der Waals surface area contributed by atoms with Gasteiger partial charge in [-0.2, -0.15) is 0 Å². The number of hydrogen-bond acceptors (Lipinski definition) is 3. The van der Waals surface area contributed by atoms with Gasteiger partial charge in [0.05, 0.1) is 0 Å². The van der Waals surface area contributed by atoms with E-state index in [1.807, 2.05) is 0 Å². The number of phenols is 1. The fraction of sp³-hybridized carbons (Fsp3) is 0.538. The molecule has 104 valence electrons. The zero-order valence-electron chi connectivity index (χ0n) is 11.2. The highest BCUT2D eigenvalue weighted by molar-refractivity contribution is 7.90. The minimum absolute atomic E-state index is 0. The average Bonchev–Trinajstić information content (AvgIpc) is 2.27. The number of halogens is 1. The summed E-state index contributed by atoms with van der Waals surface area (Å²) in [4.78, 5) is 0.0168. The van der Waals surface area contributed by atoms with E-state index < -0.39 is 9.84 Å². The Morgan fingerprint density at radius 3 is 2.11 bits per heavy atom. The predicted octanol–water partition coefficient (Wildman–Crippen LogP) is 3.30. The zero-order chi connectivity index (χ0) is 13.3. The second-order valence-electron chi connectivity index (χ2n) is 4.72. The fourth-order valence-corrected chi connectivity index (χ4v) is 2.63. The molecule has 18 heavy (non-hydrogen) atoms. The highest BCUT2D eigenvalue weighted by Crippen LogP contribution is 2.34. The lowest BCUT2D eigenvalue weighted by Gasteiger charge is -2.27. The summed E-state index contributed by atoms with van der Waals surface area (Å²) in [5.41, 5.74) is 0.911. The van der Waals surface area contributed by atoms with Gasteiger partial charge in [0.15, 0.2) is 9.84 Å². The first-order chi connectivity index (χ1) is 7.74. The Balaban J connectivity index is 0.00000289. The molecule has 0 spiro atoms. The Morgan fingerprint density at radius 2 is 1.72 bits per heavy atom. The molecule has 0 atom stereocenters. The molecule has 0 heterocycles. The van der Waals surface area contributed by atoms with Crippen molar-refractivity contribution in [3.8, 4) is 5.75 Å². The minimum atomic E-state index is -3.38. The van der Waals surface area contributed by atoms with E-state index in [0.717, 1.165) is 24.7 Å². The van der Waals surface area contributed by atoms with Crippen molar-refractivity contribution in [1.29, 1.82) is 0 Å². The van der Waals surface area contributed by atoms with E-state index in [0.29, 0.717) is 0 Å². The Hall–Kier alpha value is -0.740. The van der Waals surface area contributed by atoms with Gasteiger partial charge in [0.1, 0.15) is 10.6 Å². The van der Waals surface area contributed by atoms with Crippen LogP contribution in [-0.4, -0.2) is 19.8 Å². The van der Waals surface area contributed by atoms with Gasteiger partial charge >= 0.3 is 0 Å². The molecule has 1 aromatic rings. The molecule has 0 aliphatic heterocycles. The van der Waals surface area contributed by atoms with Crippen LogP contribution in [0.4, 0.5) is 0 Å². The molecule has 0 fully saturated rings. The maximum atomic E-state index is 11.5. The predicted molar refractivity (Wildman–Crippen MR) is 76.4 cm³/mol. The maximum Gasteiger partial charge on any atom is 0.179 e. The summed E-state index contributed by atoms with van der Waals surface area (Å²) >= 11 is 0. The third-order valence-electron chi connectivity index (χ3n) is 3.62. The standard InChI is InChI=1S/C13H20O3S.ClH/c1-5-13(3,6-2)10-7-8-11(14)12(9-10)17(4,15)16;/h7-9,14H,5-6H2,1-4H3;1H. The molecule has 1 aromatic carbocycles. The largest absolute Gasteiger partial charge is 0.507 e. The van der Waals surface area contributed by atoms with Crippen LogP contribution < -0.4 is 0 Å². The van der Waals surface area contributed by atoms with E-state index >= 15 is 0 Å². The van der Waals surface area contributed by atoms with Crippen LogP contribution in [0.1, 0.15) is 39.2 Å². The van der Waals surface area contributed by atoms with E-state index in [2.05, 4.69) is 20.8 Å². The fourth-order valence-electron chi connectivity index (χ4n) is 1.84. The summed E-state index contributed by atoms with van der Waals surface area (Å²) < 4.78 is 23.1. The lowest BCUT2D eigenvalue weighted by molar-refractivity contribution is 0.431. The zero-order valence-corrected chi connectivity index (χ0v) is 12.9. The van der Waals surface area contributed by atoms with Gasteiger partial charge < -0.3 is 5.11 Å². The molecule has 0 saturated heterocycles. The van der Waals surface area contributed by atoms with Crippen molar-refractivity contribution >= 4 is 22.2 Å². The quantitative estimate of drug-likeness (QED) is 0.926. The highest BCUT2D eigenvalue weighted by Gasteiger charge is 2.24. The second kappa shape index (κ2) is 5.93. The summed E-state index contributed by atoms with van der Waals surface area (Å²) in [5.74, 6) is -0.175. The van der Waals surface area contributed by atoms with Gasteiger partial charge in [-0.3, -0.25) is 0 Å². The Bertz CT molecular complexity index is 505. The number of sulfone groups is 1. The van der Waals surface area contributed by atoms with Gasteiger partial charge in [-0.25, -0.2) is 8.42 Å². The monoisotopic (exact) mass is 292 g/mol. The van der Waals surface area contributed by atoms with Gasteiger partial charge in [0.2, 0.25) is 0 Å². The number of phenolic OH excluding ortho intramolecular Hbond substituents is 1. The van der Waals surface area contributed by atoms with Crippen LogP contribution >= 0.6 is 12.4 Å². The number of rotatable bonds is 4. The topological polar surface area (TPSA) is 54.4 Å². The first kappa shape index (κ1) is 17.3. The van der Waals surface area contributed by atoms with Crippen molar-refractivity contribution in [2.45, 2.75) is 43.9 Å². The molecular formula is C13H21ClO3S. The van der Waals surface area contributed by atoms with Crippen molar-refractivity contribution in [2.75, 3.05) is 6.26 Å². The Labute approximate surface area is 116 Å². The molecule has 0 aliphatic carbocycles. The van der Waals surface area contributed by atoms with Crippen LogP contribution in [0.5, 0.6) is 5.75 Å². The molecule has 1 N–H and O–H groups in total. The van der Waals surface area contributed by atoms with E-state index in [1.54, 1.807) is 12.1 Å². The SMILES string of the molecule is CCC(C)(CC)c1ccc(O)c(S(C)(=O)=O)c1.Cl. The molecule has 0 saturated carbocycles. The molecule has 0 radical (unpaired) electrons. The lowest BCUT2D eigenvalue weighted by Crippen LogP contribution is -2.19. The summed E-state index contributed by atoms with van der Waals surface area (Å²) in [6, 6.07) is 4.87. The van der Waals surface area contributed by atoms with Crippen LogP contribution in [0.2, 0.25) is 0 Å². The summed E-state index contributed by atoms with van der Waals surface area (Å²) in [6.07, 6.45) is 2.97. The van der Waals surface area contributed by atoms with Crippen LogP contribution in [-0.2, 0) is 15.3 Å². The van der Waals surface area contributed by atoms with Crippen molar-refractivity contribution in [3.05, 3.63) is 23.8 Å². The van der Waals surface area contributed by atoms with Crippen molar-refractivity contribution in [2.24, 2.45) is 0 Å². The van der Waals surface area contributed by atoms with E-state index in [9.17, 15) is 13.5 Å². The molecule has 1 rings (SSSR count). The molecule has 0 bridgehead atoms. The third kappa shape index (κ3) is 3.39.